The number of nitrogens with one attached hydrogen (secondary N) is 1. The third kappa shape index (κ3) is 7.16. The van der Waals surface area contributed by atoms with E-state index in [2.05, 4.69) is 19.2 Å². The first-order valence-electron chi connectivity index (χ1n) is 8.38. The molecule has 21 heavy (non-hydrogen) atoms. The Hall–Kier alpha value is -0.770. The Labute approximate surface area is 130 Å². The summed E-state index contributed by atoms with van der Waals surface area (Å²) in [5, 5.41) is 3.65. The molecule has 0 heterocycles. The Morgan fingerprint density at radius 2 is 1.81 bits per heavy atom. The molecule has 1 N–H and O–H groups in total. The van der Waals surface area contributed by atoms with E-state index in [1.54, 1.807) is 4.90 Å². The van der Waals surface area contributed by atoms with Crippen LogP contribution < -0.4 is 5.32 Å². The number of amides is 1. The fourth-order valence-electron chi connectivity index (χ4n) is 2.73. The second-order valence-corrected chi connectivity index (χ2v) is 7.73. The molecule has 0 bridgehead atoms. The van der Waals surface area contributed by atoms with Crippen molar-refractivity contribution in [3.63, 3.8) is 0 Å². The van der Waals surface area contributed by atoms with Gasteiger partial charge in [-0.25, -0.2) is 4.79 Å². The van der Waals surface area contributed by atoms with Gasteiger partial charge in [-0.05, 0) is 65.3 Å². The number of rotatable bonds is 5. The molecule has 4 nitrogen and oxygen atoms in total. The van der Waals surface area contributed by atoms with E-state index in [4.69, 9.17) is 4.74 Å². The van der Waals surface area contributed by atoms with E-state index in [1.807, 2.05) is 27.8 Å². The maximum absolute atomic E-state index is 12.1. The fourth-order valence-corrected chi connectivity index (χ4v) is 2.73. The summed E-state index contributed by atoms with van der Waals surface area (Å²) in [5.74, 6) is 0.757. The average Bonchev–Trinajstić information content (AvgIpc) is 2.36. The van der Waals surface area contributed by atoms with Gasteiger partial charge in [0.15, 0.2) is 0 Å². The minimum absolute atomic E-state index is 0.196. The maximum atomic E-state index is 12.1. The first-order chi connectivity index (χ1) is 9.69. The van der Waals surface area contributed by atoms with Gasteiger partial charge in [-0.1, -0.05) is 13.8 Å². The highest BCUT2D eigenvalue weighted by Crippen LogP contribution is 2.24. The molecular formula is C17H34N2O2. The van der Waals surface area contributed by atoms with E-state index in [-0.39, 0.29) is 6.09 Å². The molecule has 0 unspecified atom stereocenters. The molecule has 0 aromatic heterocycles. The van der Waals surface area contributed by atoms with Crippen LogP contribution in [0.2, 0.25) is 0 Å². The number of ether oxygens (including phenoxy) is 1. The summed E-state index contributed by atoms with van der Waals surface area (Å²) in [5.41, 5.74) is -0.416. The van der Waals surface area contributed by atoms with Gasteiger partial charge in [0.25, 0.3) is 0 Å². The van der Waals surface area contributed by atoms with Crippen molar-refractivity contribution in [2.45, 2.75) is 84.4 Å². The van der Waals surface area contributed by atoms with Gasteiger partial charge in [-0.3, -0.25) is 0 Å². The normalized spacial score (nSPS) is 23.2. The summed E-state index contributed by atoms with van der Waals surface area (Å²) in [7, 11) is 1.87. The zero-order valence-electron chi connectivity index (χ0n) is 14.7. The summed E-state index contributed by atoms with van der Waals surface area (Å²) in [6.45, 7) is 11.4. The van der Waals surface area contributed by atoms with Crippen molar-refractivity contribution in [1.29, 1.82) is 0 Å². The molecule has 0 atom stereocenters. The van der Waals surface area contributed by atoms with Crippen molar-refractivity contribution >= 4 is 6.09 Å². The van der Waals surface area contributed by atoms with Crippen molar-refractivity contribution in [3.05, 3.63) is 0 Å². The number of hydrogen-bond acceptors (Lipinski definition) is 3. The Morgan fingerprint density at radius 1 is 1.24 bits per heavy atom. The molecule has 1 rings (SSSR count). The zero-order chi connectivity index (χ0) is 16.0. The van der Waals surface area contributed by atoms with Crippen LogP contribution in [-0.4, -0.2) is 42.3 Å². The second-order valence-electron chi connectivity index (χ2n) is 7.73. The topological polar surface area (TPSA) is 41.6 Å². The van der Waals surface area contributed by atoms with Crippen molar-refractivity contribution in [3.8, 4) is 0 Å². The highest BCUT2D eigenvalue weighted by Gasteiger charge is 2.29. The highest BCUT2D eigenvalue weighted by molar-refractivity contribution is 5.68. The highest BCUT2D eigenvalue weighted by atomic mass is 16.6. The van der Waals surface area contributed by atoms with E-state index in [1.165, 1.54) is 6.42 Å². The fraction of sp³-hybridized carbons (Fsp3) is 0.941. The number of carbonyl (C=O) groups excluding carboxylic acids is 1. The van der Waals surface area contributed by atoms with Gasteiger partial charge in [0.05, 0.1) is 0 Å². The van der Waals surface area contributed by atoms with Crippen LogP contribution >= 0.6 is 0 Å². The molecule has 0 saturated heterocycles. The van der Waals surface area contributed by atoms with Gasteiger partial charge in [0, 0.05) is 19.1 Å². The minimum atomic E-state index is -0.416. The van der Waals surface area contributed by atoms with E-state index in [0.717, 1.165) is 38.1 Å². The lowest BCUT2D eigenvalue weighted by atomic mass is 9.90. The van der Waals surface area contributed by atoms with E-state index >= 15 is 0 Å². The Bertz CT molecular complexity index is 315. The van der Waals surface area contributed by atoms with Crippen molar-refractivity contribution in [2.24, 2.45) is 5.92 Å². The number of hydrogen-bond donors (Lipinski definition) is 1. The van der Waals surface area contributed by atoms with Crippen molar-refractivity contribution in [2.75, 3.05) is 13.6 Å². The average molecular weight is 298 g/mol. The van der Waals surface area contributed by atoms with Crippen LogP contribution in [0.4, 0.5) is 4.79 Å². The van der Waals surface area contributed by atoms with Crippen LogP contribution in [0.25, 0.3) is 0 Å². The van der Waals surface area contributed by atoms with Gasteiger partial charge in [-0.2, -0.15) is 0 Å². The molecule has 4 heteroatoms. The number of carbonyl (C=O) groups is 1. The molecule has 124 valence electrons. The molecule has 1 saturated carbocycles. The molecule has 0 radical (unpaired) electrons. The van der Waals surface area contributed by atoms with Crippen molar-refractivity contribution < 1.29 is 9.53 Å². The van der Waals surface area contributed by atoms with Gasteiger partial charge < -0.3 is 15.0 Å². The molecule has 1 fully saturated rings. The largest absolute Gasteiger partial charge is 0.444 e. The third-order valence-electron chi connectivity index (χ3n) is 4.08. The van der Waals surface area contributed by atoms with Gasteiger partial charge >= 0.3 is 6.09 Å². The molecule has 0 aliphatic heterocycles. The summed E-state index contributed by atoms with van der Waals surface area (Å²) >= 11 is 0. The number of nitrogens with zero attached hydrogens (tertiary/aromatic N) is 1. The molecular weight excluding hydrogens is 264 g/mol. The van der Waals surface area contributed by atoms with Crippen LogP contribution in [0.5, 0.6) is 0 Å². The molecule has 0 aromatic rings. The lowest BCUT2D eigenvalue weighted by molar-refractivity contribution is 0.0179. The maximum Gasteiger partial charge on any atom is 0.410 e. The summed E-state index contributed by atoms with van der Waals surface area (Å²) in [4.78, 5) is 13.9. The first-order valence-corrected chi connectivity index (χ1v) is 8.38. The molecule has 1 aliphatic rings. The van der Waals surface area contributed by atoms with Crippen LogP contribution in [0.3, 0.4) is 0 Å². The predicted octanol–water partition coefficient (Wildman–Crippen LogP) is 3.80. The van der Waals surface area contributed by atoms with Crippen LogP contribution in [0, 0.1) is 5.92 Å². The third-order valence-corrected chi connectivity index (χ3v) is 4.08. The molecule has 0 spiro atoms. The lowest BCUT2D eigenvalue weighted by Gasteiger charge is -2.35. The summed E-state index contributed by atoms with van der Waals surface area (Å²) < 4.78 is 5.44. The summed E-state index contributed by atoms with van der Waals surface area (Å²) in [6, 6.07) is 0.940. The lowest BCUT2D eigenvalue weighted by Crippen LogP contribution is -2.45. The predicted molar refractivity (Wildman–Crippen MR) is 87.5 cm³/mol. The molecule has 1 aliphatic carbocycles. The monoisotopic (exact) mass is 298 g/mol. The Balaban J connectivity index is 2.30. The zero-order valence-corrected chi connectivity index (χ0v) is 14.7. The van der Waals surface area contributed by atoms with Gasteiger partial charge in [0.2, 0.25) is 0 Å². The van der Waals surface area contributed by atoms with E-state index < -0.39 is 5.60 Å². The Morgan fingerprint density at radius 3 is 2.29 bits per heavy atom. The van der Waals surface area contributed by atoms with Crippen LogP contribution in [-0.2, 0) is 4.74 Å². The quantitative estimate of drug-likeness (QED) is 0.839. The van der Waals surface area contributed by atoms with E-state index in [9.17, 15) is 4.79 Å². The van der Waals surface area contributed by atoms with Gasteiger partial charge in [-0.15, -0.1) is 0 Å². The van der Waals surface area contributed by atoms with Crippen molar-refractivity contribution in [1.82, 2.24) is 10.2 Å². The van der Waals surface area contributed by atoms with Crippen LogP contribution in [0.1, 0.15) is 66.7 Å². The Kier molecular flexibility index (Phi) is 6.98. The standard InChI is InChI=1S/C17H34N2O2/c1-13(2)11-12-18-14-7-9-15(10-8-14)19(6)16(20)21-17(3,4)5/h13-15,18H,7-12H2,1-6H3. The molecule has 0 aromatic carbocycles. The minimum Gasteiger partial charge on any atom is -0.444 e. The van der Waals surface area contributed by atoms with E-state index in [0.29, 0.717) is 12.1 Å². The first kappa shape index (κ1) is 18.3. The summed E-state index contributed by atoms with van der Waals surface area (Å²) in [6.07, 6.45) is 5.46. The van der Waals surface area contributed by atoms with Crippen LogP contribution in [0.15, 0.2) is 0 Å². The second kappa shape index (κ2) is 8.02. The smallest absolute Gasteiger partial charge is 0.410 e. The molecule has 1 amide bonds. The van der Waals surface area contributed by atoms with Gasteiger partial charge in [0.1, 0.15) is 5.60 Å². The SMILES string of the molecule is CC(C)CCNC1CCC(N(C)C(=O)OC(C)(C)C)CC1.